The number of hydrogen-bond donors (Lipinski definition) is 2. The van der Waals surface area contributed by atoms with Gasteiger partial charge in [-0.05, 0) is 39.3 Å². The molecule has 6 heteroatoms. The Labute approximate surface area is 171 Å². The van der Waals surface area contributed by atoms with E-state index in [0.29, 0.717) is 12.4 Å². The summed E-state index contributed by atoms with van der Waals surface area (Å²) < 4.78 is 2.06. The topological polar surface area (TPSA) is 75.9 Å². The van der Waals surface area contributed by atoms with Gasteiger partial charge in [-0.25, -0.2) is 15.0 Å². The summed E-state index contributed by atoms with van der Waals surface area (Å²) in [7, 11) is 0. The molecule has 0 amide bonds. The minimum absolute atomic E-state index is 0.154. The number of anilines is 1. The van der Waals surface area contributed by atoms with Crippen LogP contribution in [0.2, 0.25) is 0 Å². The van der Waals surface area contributed by atoms with E-state index in [-0.39, 0.29) is 11.8 Å². The molecule has 0 bridgehead atoms. The lowest BCUT2D eigenvalue weighted by atomic mass is 10.2. The highest BCUT2D eigenvalue weighted by Gasteiger charge is 2.15. The summed E-state index contributed by atoms with van der Waals surface area (Å²) in [5, 5.41) is 12.9. The van der Waals surface area contributed by atoms with E-state index >= 15 is 0 Å². The first-order valence-electron chi connectivity index (χ1n) is 9.72. The van der Waals surface area contributed by atoms with E-state index in [4.69, 9.17) is 9.97 Å². The lowest BCUT2D eigenvalue weighted by Gasteiger charge is -2.11. The first kappa shape index (κ1) is 20.3. The van der Waals surface area contributed by atoms with Crippen LogP contribution in [-0.4, -0.2) is 31.2 Å². The van der Waals surface area contributed by atoms with Crippen LogP contribution in [-0.2, 0) is 0 Å². The van der Waals surface area contributed by atoms with E-state index in [1.807, 2.05) is 49.7 Å². The molecule has 6 nitrogen and oxygen atoms in total. The van der Waals surface area contributed by atoms with Crippen LogP contribution < -0.4 is 5.32 Å². The van der Waals surface area contributed by atoms with E-state index in [1.54, 1.807) is 6.08 Å². The highest BCUT2D eigenvalue weighted by molar-refractivity contribution is 5.85. The van der Waals surface area contributed by atoms with Gasteiger partial charge in [-0.15, -0.1) is 0 Å². The predicted octanol–water partition coefficient (Wildman–Crippen LogP) is 5.45. The van der Waals surface area contributed by atoms with Crippen LogP contribution in [0.1, 0.15) is 33.2 Å². The number of aliphatic hydroxyl groups excluding tert-OH is 1. The number of fused-ring (bicyclic) bond motifs is 1. The highest BCUT2D eigenvalue weighted by atomic mass is 16.3. The van der Waals surface area contributed by atoms with Crippen molar-refractivity contribution in [3.05, 3.63) is 72.8 Å². The van der Waals surface area contributed by atoms with E-state index in [2.05, 4.69) is 35.3 Å². The second-order valence-corrected chi connectivity index (χ2v) is 7.17. The van der Waals surface area contributed by atoms with Crippen molar-refractivity contribution in [2.75, 3.05) is 11.9 Å². The zero-order valence-electron chi connectivity index (χ0n) is 17.1. The normalized spacial score (nSPS) is 12.6. The molecule has 0 spiro atoms. The van der Waals surface area contributed by atoms with Crippen molar-refractivity contribution in [3.8, 4) is 11.4 Å². The maximum absolute atomic E-state index is 9.47. The second-order valence-electron chi connectivity index (χ2n) is 7.17. The van der Waals surface area contributed by atoms with Crippen LogP contribution in [0.25, 0.3) is 22.6 Å². The molecule has 0 saturated heterocycles. The molecule has 3 rings (SSSR count). The van der Waals surface area contributed by atoms with Crippen LogP contribution >= 0.6 is 0 Å². The number of rotatable bonds is 8. The Bertz CT molecular complexity index is 1050. The fourth-order valence-corrected chi connectivity index (χ4v) is 2.89. The molecule has 0 aliphatic rings. The van der Waals surface area contributed by atoms with Crippen LogP contribution in [0.4, 0.5) is 5.82 Å². The summed E-state index contributed by atoms with van der Waals surface area (Å²) in [5.74, 6) is 1.56. The number of imidazole rings is 1. The molecular formula is C23H27N5O. The van der Waals surface area contributed by atoms with Gasteiger partial charge in [0.2, 0.25) is 0 Å². The third-order valence-electron chi connectivity index (χ3n) is 4.57. The number of aliphatic hydroxyl groups is 1. The molecule has 2 heterocycles. The number of nitrogens with one attached hydrogen (secondary N) is 1. The molecule has 150 valence electrons. The van der Waals surface area contributed by atoms with Gasteiger partial charge in [0, 0.05) is 18.2 Å². The smallest absolute Gasteiger partial charge is 0.166 e. The first-order valence-corrected chi connectivity index (χ1v) is 9.72. The van der Waals surface area contributed by atoms with Crippen LogP contribution in [0.3, 0.4) is 0 Å². The fraction of sp³-hybridized carbons (Fsp3) is 0.261. The van der Waals surface area contributed by atoms with Crippen molar-refractivity contribution < 1.29 is 5.11 Å². The average Bonchev–Trinajstić information content (AvgIpc) is 3.17. The minimum Gasteiger partial charge on any atom is -0.508 e. The lowest BCUT2D eigenvalue weighted by Crippen LogP contribution is -2.07. The summed E-state index contributed by atoms with van der Waals surface area (Å²) in [5.41, 5.74) is 3.69. The average molecular weight is 390 g/mol. The molecule has 0 aliphatic heterocycles. The lowest BCUT2D eigenvalue weighted by molar-refractivity contribution is 0.433. The molecule has 0 radical (unpaired) electrons. The van der Waals surface area contributed by atoms with Crippen LogP contribution in [0, 0.1) is 0 Å². The Morgan fingerprint density at radius 3 is 2.66 bits per heavy atom. The molecule has 29 heavy (non-hydrogen) atoms. The van der Waals surface area contributed by atoms with Crippen LogP contribution in [0.5, 0.6) is 0 Å². The third kappa shape index (κ3) is 4.90. The molecular weight excluding hydrogens is 362 g/mol. The van der Waals surface area contributed by atoms with Gasteiger partial charge in [-0.1, -0.05) is 48.6 Å². The molecule has 3 aromatic rings. The molecule has 0 atom stereocenters. The van der Waals surface area contributed by atoms with Gasteiger partial charge in [-0.2, -0.15) is 0 Å². The maximum atomic E-state index is 9.47. The summed E-state index contributed by atoms with van der Waals surface area (Å²) in [4.78, 5) is 14.1. The van der Waals surface area contributed by atoms with Crippen molar-refractivity contribution in [1.82, 2.24) is 19.5 Å². The van der Waals surface area contributed by atoms with E-state index in [1.165, 1.54) is 6.08 Å². The first-order chi connectivity index (χ1) is 14.0. The Morgan fingerprint density at radius 1 is 1.21 bits per heavy atom. The monoisotopic (exact) mass is 389 g/mol. The number of hydrogen-bond acceptors (Lipinski definition) is 5. The fourth-order valence-electron chi connectivity index (χ4n) is 2.89. The van der Waals surface area contributed by atoms with Gasteiger partial charge in [0.05, 0.1) is 6.33 Å². The second kappa shape index (κ2) is 9.19. The van der Waals surface area contributed by atoms with E-state index in [0.717, 1.165) is 34.5 Å². The largest absolute Gasteiger partial charge is 0.508 e. The highest BCUT2D eigenvalue weighted by Crippen LogP contribution is 2.26. The van der Waals surface area contributed by atoms with E-state index < -0.39 is 0 Å². The Morgan fingerprint density at radius 2 is 1.97 bits per heavy atom. The predicted molar refractivity (Wildman–Crippen MR) is 119 cm³/mol. The summed E-state index contributed by atoms with van der Waals surface area (Å²) in [6, 6.07) is 10.2. The maximum Gasteiger partial charge on any atom is 0.166 e. The number of aromatic nitrogens is 4. The van der Waals surface area contributed by atoms with Gasteiger partial charge >= 0.3 is 0 Å². The minimum atomic E-state index is 0.154. The molecule has 2 aromatic heterocycles. The zero-order valence-corrected chi connectivity index (χ0v) is 17.1. The van der Waals surface area contributed by atoms with Gasteiger partial charge in [0.15, 0.2) is 17.3 Å². The number of nitrogens with zero attached hydrogens (tertiary/aromatic N) is 4. The van der Waals surface area contributed by atoms with Gasteiger partial charge in [0.25, 0.3) is 0 Å². The summed E-state index contributed by atoms with van der Waals surface area (Å²) in [6.07, 6.45) is 7.56. The van der Waals surface area contributed by atoms with Crippen LogP contribution in [0.15, 0.2) is 72.8 Å². The van der Waals surface area contributed by atoms with E-state index in [9.17, 15) is 5.11 Å². The molecule has 1 aromatic carbocycles. The Hall–Kier alpha value is -3.41. The quantitative estimate of drug-likeness (QED) is 0.396. The zero-order chi connectivity index (χ0) is 20.8. The van der Waals surface area contributed by atoms with Crippen molar-refractivity contribution in [2.45, 2.75) is 33.2 Å². The number of allylic oxidation sites excluding steroid dienone is 3. The third-order valence-corrected chi connectivity index (χ3v) is 4.57. The van der Waals surface area contributed by atoms with Gasteiger partial charge < -0.3 is 15.0 Å². The Kier molecular flexibility index (Phi) is 6.44. The molecule has 2 N–H and O–H groups in total. The van der Waals surface area contributed by atoms with Crippen molar-refractivity contribution in [1.29, 1.82) is 0 Å². The molecule has 0 aliphatic carbocycles. The van der Waals surface area contributed by atoms with Crippen molar-refractivity contribution in [3.63, 3.8) is 0 Å². The number of benzene rings is 1. The SMILES string of the molecule is C=C/C(O)=C\C=C(/C)CCNc1nc(-c2ccccc2)nc2c1ncn2C(C)C. The van der Waals surface area contributed by atoms with Gasteiger partial charge in [-0.3, -0.25) is 0 Å². The Balaban J connectivity index is 1.89. The van der Waals surface area contributed by atoms with Crippen molar-refractivity contribution >= 4 is 17.0 Å². The standard InChI is InChI=1S/C23H27N5O/c1-5-19(29)12-11-17(4)13-14-24-22-20-23(28(15-25-20)16(2)3)27-21(26-22)18-9-7-6-8-10-18/h5-12,15-16,29H,1,13-14H2,2-4H3,(H,24,26,27)/b17-11+,19-12+. The molecule has 0 saturated carbocycles. The summed E-state index contributed by atoms with van der Waals surface area (Å²) >= 11 is 0. The van der Waals surface area contributed by atoms with Crippen molar-refractivity contribution in [2.24, 2.45) is 0 Å². The molecule has 0 fully saturated rings. The van der Waals surface area contributed by atoms with Gasteiger partial charge in [0.1, 0.15) is 11.3 Å². The molecule has 0 unspecified atom stereocenters. The summed E-state index contributed by atoms with van der Waals surface area (Å²) in [6.45, 7) is 10.5.